The minimum Gasteiger partial charge on any atom is -0.462 e. The van der Waals surface area contributed by atoms with Gasteiger partial charge in [-0.15, -0.1) is 0 Å². The van der Waals surface area contributed by atoms with Crippen LogP contribution in [0.4, 0.5) is 11.5 Å². The van der Waals surface area contributed by atoms with E-state index in [-0.39, 0.29) is 18.4 Å². The van der Waals surface area contributed by atoms with Crippen molar-refractivity contribution in [3.8, 4) is 12.1 Å². The first-order chi connectivity index (χ1) is 20.6. The van der Waals surface area contributed by atoms with E-state index in [4.69, 9.17) is 14.7 Å². The number of likely N-dealkylation sites (tertiary alicyclic amines) is 1. The largest absolute Gasteiger partial charge is 0.462 e. The molecule has 3 aromatic rings. The predicted molar refractivity (Wildman–Crippen MR) is 168 cm³/mol. The van der Waals surface area contributed by atoms with Crippen molar-refractivity contribution in [1.82, 2.24) is 19.8 Å². The van der Waals surface area contributed by atoms with Gasteiger partial charge in [-0.1, -0.05) is 36.4 Å². The molecule has 220 valence electrons. The van der Waals surface area contributed by atoms with Crippen LogP contribution in [0.15, 0.2) is 42.5 Å². The number of carbonyl (C=O) groups is 1. The van der Waals surface area contributed by atoms with Gasteiger partial charge in [0.15, 0.2) is 0 Å². The number of piperazine rings is 1. The van der Waals surface area contributed by atoms with Crippen molar-refractivity contribution in [3.63, 3.8) is 0 Å². The quantitative estimate of drug-likeness (QED) is 0.398. The Morgan fingerprint density at radius 3 is 2.74 bits per heavy atom. The van der Waals surface area contributed by atoms with Gasteiger partial charge in [-0.25, -0.2) is 0 Å². The standard InChI is InChI=1S/C32H39N7O2S/c1-36-15-5-8-25(36)22-41-32-34-28-21-37(29-10-4-7-23-6-2-3-9-26(23)29)16-12-27(28)31(35-32)38-17-18-39(30(40)13-19-42)24(20-38)11-14-33/h2-4,6-7,9-10,24-25,42H,5,8,11-13,15-22H2,1H3/t24-,25-/m0/s1. The number of hydrogen-bond donors (Lipinski definition) is 1. The highest BCUT2D eigenvalue weighted by molar-refractivity contribution is 7.80. The van der Waals surface area contributed by atoms with E-state index in [0.29, 0.717) is 57.0 Å². The number of benzene rings is 2. The molecule has 3 aliphatic rings. The molecule has 1 aromatic heterocycles. The first-order valence-electron chi connectivity index (χ1n) is 15.0. The third-order valence-corrected chi connectivity index (χ3v) is 9.19. The Balaban J connectivity index is 1.31. The lowest BCUT2D eigenvalue weighted by molar-refractivity contribution is -0.133. The van der Waals surface area contributed by atoms with Gasteiger partial charge in [0, 0.05) is 55.3 Å². The van der Waals surface area contributed by atoms with Crippen molar-refractivity contribution in [3.05, 3.63) is 53.7 Å². The number of anilines is 2. The van der Waals surface area contributed by atoms with Crippen LogP contribution in [-0.4, -0.2) is 89.9 Å². The number of nitrogens with zero attached hydrogens (tertiary/aromatic N) is 7. The SMILES string of the molecule is CN1CCC[C@H]1COc1nc2c(c(N3CCN(C(=O)CCS)[C@@H](CC#N)C3)n1)CCN(c1cccc3ccccc13)C2. The first kappa shape index (κ1) is 28.6. The number of carbonyl (C=O) groups excluding carboxylic acids is 1. The van der Waals surface area contributed by atoms with Crippen LogP contribution in [0.2, 0.25) is 0 Å². The van der Waals surface area contributed by atoms with Crippen LogP contribution >= 0.6 is 12.6 Å². The average Bonchev–Trinajstić information content (AvgIpc) is 3.43. The molecule has 0 saturated carbocycles. The Bertz CT molecular complexity index is 1470. The van der Waals surface area contributed by atoms with E-state index in [0.717, 1.165) is 43.0 Å². The second-order valence-electron chi connectivity index (χ2n) is 11.5. The van der Waals surface area contributed by atoms with Gasteiger partial charge >= 0.3 is 6.01 Å². The van der Waals surface area contributed by atoms with Gasteiger partial charge in [-0.05, 0) is 50.1 Å². The minimum atomic E-state index is -0.186. The fraction of sp³-hybridized carbons (Fsp3) is 0.500. The van der Waals surface area contributed by atoms with E-state index in [2.05, 4.69) is 82.9 Å². The maximum absolute atomic E-state index is 12.8. The highest BCUT2D eigenvalue weighted by atomic mass is 32.1. The highest BCUT2D eigenvalue weighted by Crippen LogP contribution is 2.35. The predicted octanol–water partition coefficient (Wildman–Crippen LogP) is 3.92. The number of hydrogen-bond acceptors (Lipinski definition) is 9. The van der Waals surface area contributed by atoms with E-state index in [9.17, 15) is 10.1 Å². The zero-order valence-corrected chi connectivity index (χ0v) is 25.2. The Morgan fingerprint density at radius 2 is 1.93 bits per heavy atom. The third kappa shape index (κ3) is 5.86. The lowest BCUT2D eigenvalue weighted by atomic mass is 10.0. The van der Waals surface area contributed by atoms with Gasteiger partial charge < -0.3 is 24.3 Å². The fourth-order valence-electron chi connectivity index (χ4n) is 6.66. The first-order valence-corrected chi connectivity index (χ1v) is 15.7. The Hall–Kier alpha value is -3.55. The van der Waals surface area contributed by atoms with E-state index >= 15 is 0 Å². The van der Waals surface area contributed by atoms with Crippen LogP contribution in [0, 0.1) is 11.3 Å². The summed E-state index contributed by atoms with van der Waals surface area (Å²) in [6, 6.07) is 17.9. The molecule has 1 amide bonds. The molecule has 0 spiro atoms. The summed E-state index contributed by atoms with van der Waals surface area (Å²) in [5, 5.41) is 12.0. The number of fused-ring (bicyclic) bond motifs is 2. The van der Waals surface area contributed by atoms with Gasteiger partial charge in [-0.2, -0.15) is 27.9 Å². The van der Waals surface area contributed by atoms with Crippen LogP contribution in [-0.2, 0) is 17.8 Å². The maximum atomic E-state index is 12.8. The summed E-state index contributed by atoms with van der Waals surface area (Å²) in [6.45, 7) is 4.94. The van der Waals surface area contributed by atoms with Crippen LogP contribution < -0.4 is 14.5 Å². The van der Waals surface area contributed by atoms with Crippen molar-refractivity contribution in [2.24, 2.45) is 0 Å². The van der Waals surface area contributed by atoms with Crippen molar-refractivity contribution < 1.29 is 9.53 Å². The summed E-state index contributed by atoms with van der Waals surface area (Å²) in [6.07, 6.45) is 3.76. The number of rotatable bonds is 8. The summed E-state index contributed by atoms with van der Waals surface area (Å²) in [5.41, 5.74) is 3.33. The molecule has 3 aliphatic heterocycles. The number of likely N-dealkylation sites (N-methyl/N-ethyl adjacent to an activating group) is 1. The molecule has 2 fully saturated rings. The van der Waals surface area contributed by atoms with Crippen molar-refractivity contribution in [1.29, 1.82) is 5.26 Å². The lowest BCUT2D eigenvalue weighted by Gasteiger charge is -2.42. The van der Waals surface area contributed by atoms with Crippen molar-refractivity contribution in [2.45, 2.75) is 50.7 Å². The zero-order chi connectivity index (χ0) is 29.1. The average molecular weight is 586 g/mol. The molecule has 42 heavy (non-hydrogen) atoms. The van der Waals surface area contributed by atoms with E-state index < -0.39 is 0 Å². The highest BCUT2D eigenvalue weighted by Gasteiger charge is 2.34. The van der Waals surface area contributed by atoms with Crippen molar-refractivity contribution in [2.75, 3.05) is 61.9 Å². The van der Waals surface area contributed by atoms with E-state index in [1.807, 2.05) is 4.90 Å². The molecule has 0 bridgehead atoms. The molecule has 2 saturated heterocycles. The van der Waals surface area contributed by atoms with Gasteiger partial charge in [0.2, 0.25) is 5.91 Å². The monoisotopic (exact) mass is 585 g/mol. The topological polar surface area (TPSA) is 88.8 Å². The van der Waals surface area contributed by atoms with Gasteiger partial charge in [-0.3, -0.25) is 4.79 Å². The molecule has 10 heteroatoms. The number of ether oxygens (including phenoxy) is 1. The molecule has 0 N–H and O–H groups in total. The lowest BCUT2D eigenvalue weighted by Crippen LogP contribution is -2.55. The number of aromatic nitrogens is 2. The Kier molecular flexibility index (Phi) is 8.68. The molecule has 4 heterocycles. The molecule has 0 radical (unpaired) electrons. The van der Waals surface area contributed by atoms with Crippen LogP contribution in [0.25, 0.3) is 10.8 Å². The minimum absolute atomic E-state index is 0.0602. The Labute approximate surface area is 253 Å². The molecular weight excluding hydrogens is 546 g/mol. The fourth-order valence-corrected chi connectivity index (χ4v) is 6.85. The van der Waals surface area contributed by atoms with E-state index in [1.54, 1.807) is 0 Å². The molecule has 9 nitrogen and oxygen atoms in total. The van der Waals surface area contributed by atoms with E-state index in [1.165, 1.54) is 22.9 Å². The molecule has 0 aliphatic carbocycles. The molecular formula is C32H39N7O2S. The number of amides is 1. The Morgan fingerprint density at radius 1 is 1.07 bits per heavy atom. The van der Waals surface area contributed by atoms with Gasteiger partial charge in [0.05, 0.1) is 30.8 Å². The molecule has 0 unspecified atom stereocenters. The normalized spacial score (nSPS) is 20.9. The van der Waals surface area contributed by atoms with Crippen LogP contribution in [0.1, 0.15) is 36.9 Å². The third-order valence-electron chi connectivity index (χ3n) is 8.96. The number of thiol groups is 1. The molecule has 2 aromatic carbocycles. The number of nitriles is 1. The molecule has 2 atom stereocenters. The second-order valence-corrected chi connectivity index (χ2v) is 12.0. The summed E-state index contributed by atoms with van der Waals surface area (Å²) >= 11 is 4.25. The molecule has 6 rings (SSSR count). The maximum Gasteiger partial charge on any atom is 0.318 e. The summed E-state index contributed by atoms with van der Waals surface area (Å²) < 4.78 is 6.30. The van der Waals surface area contributed by atoms with Crippen molar-refractivity contribution >= 4 is 40.8 Å². The van der Waals surface area contributed by atoms with Gasteiger partial charge in [0.25, 0.3) is 0 Å². The summed E-state index contributed by atoms with van der Waals surface area (Å²) in [4.78, 5) is 31.7. The summed E-state index contributed by atoms with van der Waals surface area (Å²) in [5.74, 6) is 1.45. The second kappa shape index (κ2) is 12.8. The zero-order valence-electron chi connectivity index (χ0n) is 24.3. The van der Waals surface area contributed by atoms with Gasteiger partial charge in [0.1, 0.15) is 12.4 Å². The smallest absolute Gasteiger partial charge is 0.318 e. The van der Waals surface area contributed by atoms with Crippen LogP contribution in [0.5, 0.6) is 6.01 Å². The summed E-state index contributed by atoms with van der Waals surface area (Å²) in [7, 11) is 2.14. The van der Waals surface area contributed by atoms with Crippen LogP contribution in [0.3, 0.4) is 0 Å².